The summed E-state index contributed by atoms with van der Waals surface area (Å²) in [5.41, 5.74) is 20.4. The van der Waals surface area contributed by atoms with Crippen molar-refractivity contribution in [2.45, 2.75) is 63.2 Å². The number of rotatable bonds is 5. The fourth-order valence-electron chi connectivity index (χ4n) is 13.1. The highest BCUT2D eigenvalue weighted by Gasteiger charge is 2.60. The summed E-state index contributed by atoms with van der Waals surface area (Å²) in [4.78, 5) is 2.60. The normalized spacial score (nSPS) is 24.1. The topological polar surface area (TPSA) is 3.24 Å². The lowest BCUT2D eigenvalue weighted by molar-refractivity contribution is 0.0618. The van der Waals surface area contributed by atoms with Gasteiger partial charge in [-0.25, -0.2) is 0 Å². The quantitative estimate of drug-likeness (QED) is 0.170. The van der Waals surface area contributed by atoms with Crippen LogP contribution in [0, 0.1) is 23.7 Å². The van der Waals surface area contributed by atoms with Crippen LogP contribution in [-0.4, -0.2) is 0 Å². The van der Waals surface area contributed by atoms with E-state index in [1.165, 1.54) is 111 Å². The fourth-order valence-corrected chi connectivity index (χ4v) is 13.1. The number of nitrogens with zero attached hydrogens (tertiary/aromatic N) is 1. The predicted octanol–water partition coefficient (Wildman–Crippen LogP) is 14.9. The van der Waals surface area contributed by atoms with Gasteiger partial charge in [-0.15, -0.1) is 0 Å². The molecule has 4 fully saturated rings. The molecule has 5 atom stereocenters. The van der Waals surface area contributed by atoms with Gasteiger partial charge in [0.1, 0.15) is 0 Å². The van der Waals surface area contributed by atoms with Crippen molar-refractivity contribution in [2.75, 3.05) is 4.90 Å². The maximum absolute atomic E-state index is 2.60. The van der Waals surface area contributed by atoms with Crippen LogP contribution in [-0.2, 0) is 10.8 Å². The van der Waals surface area contributed by atoms with Gasteiger partial charge in [0, 0.05) is 27.8 Å². The van der Waals surface area contributed by atoms with Crippen LogP contribution < -0.4 is 4.90 Å². The average molecular weight is 736 g/mol. The van der Waals surface area contributed by atoms with Crippen LogP contribution in [0.2, 0.25) is 0 Å². The minimum absolute atomic E-state index is 0.0860. The highest BCUT2D eigenvalue weighted by molar-refractivity contribution is 5.96. The molecule has 57 heavy (non-hydrogen) atoms. The molecule has 278 valence electrons. The van der Waals surface area contributed by atoms with Crippen molar-refractivity contribution in [3.63, 3.8) is 0 Å². The largest absolute Gasteiger partial charge is 0.310 e. The van der Waals surface area contributed by atoms with E-state index in [0.717, 1.165) is 17.8 Å². The monoisotopic (exact) mass is 735 g/mol. The molecule has 0 aliphatic heterocycles. The first kappa shape index (κ1) is 33.5. The molecular formula is C56H49N. The number of fused-ring (bicyclic) bond motifs is 7. The molecule has 1 heteroatoms. The lowest BCUT2D eigenvalue weighted by atomic mass is 9.51. The molecule has 0 radical (unpaired) electrons. The Bertz CT molecular complexity index is 2670. The Morgan fingerprint density at radius 1 is 0.421 bits per heavy atom. The molecule has 1 nitrogen and oxygen atoms in total. The first-order valence-corrected chi connectivity index (χ1v) is 21.5. The lowest BCUT2D eigenvalue weighted by Crippen LogP contribution is -2.48. The summed E-state index contributed by atoms with van der Waals surface area (Å²) in [6.07, 6.45) is 8.43. The summed E-state index contributed by atoms with van der Waals surface area (Å²) in [5, 5.41) is 0. The second kappa shape index (κ2) is 12.4. The number of hydrogen-bond acceptors (Lipinski definition) is 1. The molecule has 1 spiro atoms. The zero-order chi connectivity index (χ0) is 37.9. The highest BCUT2D eigenvalue weighted by atomic mass is 15.1. The Labute approximate surface area is 338 Å². The molecule has 7 aromatic carbocycles. The summed E-state index contributed by atoms with van der Waals surface area (Å²) >= 11 is 0. The average Bonchev–Trinajstić information content (AvgIpc) is 3.57. The van der Waals surface area contributed by atoms with Gasteiger partial charge >= 0.3 is 0 Å². The van der Waals surface area contributed by atoms with Crippen molar-refractivity contribution in [1.29, 1.82) is 0 Å². The first-order valence-electron chi connectivity index (χ1n) is 21.5. The van der Waals surface area contributed by atoms with Crippen LogP contribution in [0.5, 0.6) is 0 Å². The van der Waals surface area contributed by atoms with Gasteiger partial charge < -0.3 is 4.90 Å². The summed E-state index contributed by atoms with van der Waals surface area (Å²) in [5.74, 6) is 3.25. The fraction of sp³-hybridized carbons (Fsp3) is 0.250. The van der Waals surface area contributed by atoms with Gasteiger partial charge in [0.05, 0.1) is 5.69 Å². The van der Waals surface area contributed by atoms with Crippen LogP contribution in [0.15, 0.2) is 164 Å². The van der Waals surface area contributed by atoms with Gasteiger partial charge in [-0.1, -0.05) is 154 Å². The second-order valence-corrected chi connectivity index (χ2v) is 18.5. The summed E-state index contributed by atoms with van der Waals surface area (Å²) < 4.78 is 0. The predicted molar refractivity (Wildman–Crippen MR) is 237 cm³/mol. The number of benzene rings is 7. The first-order chi connectivity index (χ1) is 28.0. The third kappa shape index (κ3) is 4.81. The van der Waals surface area contributed by atoms with E-state index in [0.29, 0.717) is 5.92 Å². The standard InChI is InChI=1S/C56H49N/c1-55(2)49-15-8-6-13-46(49)47-30-29-45(35-52(47)55)57(44-27-24-41(25-28-44)40-22-20-39(21-23-40)38-11-4-3-5-12-38)53-18-10-17-51-54(53)48-14-7-9-16-50(48)56(51)42-26-19-36-31-37(33-42)34-43(56)32-36/h3-18,20-25,27-30,35-37,42-43H,19,26,31-34H2,1-2H3. The maximum atomic E-state index is 2.60. The molecule has 5 unspecified atom stereocenters. The molecule has 4 saturated carbocycles. The van der Waals surface area contributed by atoms with E-state index in [1.54, 1.807) is 11.1 Å². The molecule has 0 heterocycles. The maximum Gasteiger partial charge on any atom is 0.0543 e. The Kier molecular flexibility index (Phi) is 7.29. The summed E-state index contributed by atoms with van der Waals surface area (Å²) in [6, 6.07) is 62.3. The van der Waals surface area contributed by atoms with E-state index in [1.807, 2.05) is 0 Å². The van der Waals surface area contributed by atoms with E-state index in [2.05, 4.69) is 183 Å². The zero-order valence-corrected chi connectivity index (χ0v) is 33.1. The molecule has 0 N–H and O–H groups in total. The smallest absolute Gasteiger partial charge is 0.0543 e. The Hall–Kier alpha value is -5.66. The molecule has 0 amide bonds. The van der Waals surface area contributed by atoms with Gasteiger partial charge in [0.2, 0.25) is 0 Å². The Balaban J connectivity index is 1.03. The zero-order valence-electron chi connectivity index (χ0n) is 33.1. The van der Waals surface area contributed by atoms with Crippen molar-refractivity contribution in [3.8, 4) is 44.5 Å². The lowest BCUT2D eigenvalue weighted by Gasteiger charge is -2.53. The summed E-state index contributed by atoms with van der Waals surface area (Å²) in [7, 11) is 0. The van der Waals surface area contributed by atoms with E-state index < -0.39 is 0 Å². The molecule has 13 rings (SSSR count). The van der Waals surface area contributed by atoms with Crippen LogP contribution in [0.25, 0.3) is 44.5 Å². The van der Waals surface area contributed by atoms with Crippen molar-refractivity contribution in [2.24, 2.45) is 23.7 Å². The van der Waals surface area contributed by atoms with Crippen LogP contribution in [0.4, 0.5) is 17.1 Å². The van der Waals surface area contributed by atoms with Crippen molar-refractivity contribution < 1.29 is 0 Å². The minimum atomic E-state index is -0.0860. The van der Waals surface area contributed by atoms with Crippen LogP contribution in [0.1, 0.15) is 74.6 Å². The second-order valence-electron chi connectivity index (χ2n) is 18.5. The molecule has 7 aromatic rings. The van der Waals surface area contributed by atoms with E-state index in [4.69, 9.17) is 0 Å². The molecule has 0 saturated heterocycles. The van der Waals surface area contributed by atoms with Crippen LogP contribution in [0.3, 0.4) is 0 Å². The third-order valence-electron chi connectivity index (χ3n) is 15.4. The molecule has 6 aliphatic carbocycles. The van der Waals surface area contributed by atoms with E-state index in [9.17, 15) is 0 Å². The third-order valence-corrected chi connectivity index (χ3v) is 15.4. The molecular weight excluding hydrogens is 687 g/mol. The SMILES string of the molecule is CC1(C)c2ccccc2-c2ccc(N(c3ccc(-c4ccc(-c5ccccc5)cc4)cc3)c3cccc4c3-c3ccccc3C43C4CCC5CC(C4)CC3C5)cc21. The molecule has 4 bridgehead atoms. The van der Waals surface area contributed by atoms with Crippen molar-refractivity contribution in [1.82, 2.24) is 0 Å². The molecule has 6 aliphatic rings. The van der Waals surface area contributed by atoms with E-state index >= 15 is 0 Å². The van der Waals surface area contributed by atoms with Crippen molar-refractivity contribution in [3.05, 3.63) is 186 Å². The van der Waals surface area contributed by atoms with Gasteiger partial charge in [0.15, 0.2) is 0 Å². The summed E-state index contributed by atoms with van der Waals surface area (Å²) in [6.45, 7) is 4.80. The number of hydrogen-bond donors (Lipinski definition) is 0. The van der Waals surface area contributed by atoms with Crippen LogP contribution >= 0.6 is 0 Å². The van der Waals surface area contributed by atoms with Crippen molar-refractivity contribution >= 4 is 17.1 Å². The Morgan fingerprint density at radius 3 is 1.77 bits per heavy atom. The van der Waals surface area contributed by atoms with Gasteiger partial charge in [-0.05, 0) is 147 Å². The Morgan fingerprint density at radius 2 is 1.00 bits per heavy atom. The minimum Gasteiger partial charge on any atom is -0.310 e. The molecule has 0 aromatic heterocycles. The van der Waals surface area contributed by atoms with Gasteiger partial charge in [0.25, 0.3) is 0 Å². The number of anilines is 3. The van der Waals surface area contributed by atoms with E-state index in [-0.39, 0.29) is 10.8 Å². The van der Waals surface area contributed by atoms with Gasteiger partial charge in [-0.2, -0.15) is 0 Å². The van der Waals surface area contributed by atoms with Gasteiger partial charge in [-0.3, -0.25) is 0 Å². The highest BCUT2D eigenvalue weighted by Crippen LogP contribution is 2.69.